The number of carbonyl (C=O) groups is 1. The third kappa shape index (κ3) is 2.33. The maximum absolute atomic E-state index is 11.5. The molecule has 0 saturated heterocycles. The fraction of sp³-hybridized carbons (Fsp3) is 0.300. The topological polar surface area (TPSA) is 69.7 Å². The van der Waals surface area contributed by atoms with Crippen molar-refractivity contribution in [1.82, 2.24) is 0 Å². The highest BCUT2D eigenvalue weighted by Crippen LogP contribution is 2.35. The summed E-state index contributed by atoms with van der Waals surface area (Å²) in [6.45, 7) is 0. The molecule has 16 heavy (non-hydrogen) atoms. The predicted octanol–water partition coefficient (Wildman–Crippen LogP) is 0.920. The summed E-state index contributed by atoms with van der Waals surface area (Å²) >= 11 is 0. The average Bonchev–Trinajstić information content (AvgIpc) is 2.25. The standard InChI is InChI=1S/C10H12O5S/c1-14-8-4-7(6-11)5-9(10(8)15-2)16(3,12)13/h4-6H,1-3H3. The fourth-order valence-electron chi connectivity index (χ4n) is 1.29. The summed E-state index contributed by atoms with van der Waals surface area (Å²) in [5.74, 6) is 0.322. The minimum absolute atomic E-state index is 0.0588. The molecule has 5 nitrogen and oxygen atoms in total. The second-order valence-electron chi connectivity index (χ2n) is 3.14. The van der Waals surface area contributed by atoms with Gasteiger partial charge in [-0.2, -0.15) is 0 Å². The first-order chi connectivity index (χ1) is 7.43. The highest BCUT2D eigenvalue weighted by Gasteiger charge is 2.19. The second-order valence-corrected chi connectivity index (χ2v) is 5.13. The Kier molecular flexibility index (Phi) is 3.54. The molecule has 0 atom stereocenters. The van der Waals surface area contributed by atoms with Gasteiger partial charge in [0.25, 0.3) is 0 Å². The quantitative estimate of drug-likeness (QED) is 0.736. The van der Waals surface area contributed by atoms with E-state index in [1.807, 2.05) is 0 Å². The van der Waals surface area contributed by atoms with Gasteiger partial charge in [0.05, 0.1) is 14.2 Å². The molecule has 0 heterocycles. The van der Waals surface area contributed by atoms with Crippen LogP contribution in [0.4, 0.5) is 0 Å². The number of methoxy groups -OCH3 is 2. The average molecular weight is 244 g/mol. The fourth-order valence-corrected chi connectivity index (χ4v) is 2.16. The van der Waals surface area contributed by atoms with E-state index in [9.17, 15) is 13.2 Å². The molecule has 0 N–H and O–H groups in total. The number of rotatable bonds is 4. The zero-order valence-corrected chi connectivity index (χ0v) is 10.00. The molecule has 88 valence electrons. The molecule has 0 aliphatic rings. The van der Waals surface area contributed by atoms with Crippen LogP contribution < -0.4 is 9.47 Å². The van der Waals surface area contributed by atoms with Gasteiger partial charge in [0.15, 0.2) is 21.3 Å². The van der Waals surface area contributed by atoms with Crippen molar-refractivity contribution < 1.29 is 22.7 Å². The molecule has 0 bridgehead atoms. The van der Waals surface area contributed by atoms with Crippen molar-refractivity contribution >= 4 is 16.1 Å². The second kappa shape index (κ2) is 4.52. The van der Waals surface area contributed by atoms with Gasteiger partial charge >= 0.3 is 0 Å². The van der Waals surface area contributed by atoms with Crippen LogP contribution >= 0.6 is 0 Å². The summed E-state index contributed by atoms with van der Waals surface area (Å²) in [6, 6.07) is 2.67. The van der Waals surface area contributed by atoms with Crippen LogP contribution in [0.3, 0.4) is 0 Å². The van der Waals surface area contributed by atoms with E-state index in [0.717, 1.165) is 6.26 Å². The van der Waals surface area contributed by atoms with E-state index < -0.39 is 9.84 Å². The molecule has 0 amide bonds. The Morgan fingerprint density at radius 1 is 1.19 bits per heavy atom. The van der Waals surface area contributed by atoms with Gasteiger partial charge in [-0.15, -0.1) is 0 Å². The summed E-state index contributed by atoms with van der Waals surface area (Å²) in [4.78, 5) is 10.6. The summed E-state index contributed by atoms with van der Waals surface area (Å²) in [5, 5.41) is 0. The summed E-state index contributed by atoms with van der Waals surface area (Å²) < 4.78 is 32.9. The van der Waals surface area contributed by atoms with Crippen molar-refractivity contribution in [2.75, 3.05) is 20.5 Å². The van der Waals surface area contributed by atoms with Gasteiger partial charge in [-0.25, -0.2) is 8.42 Å². The SMILES string of the molecule is COc1cc(C=O)cc(S(C)(=O)=O)c1OC. The first-order valence-corrected chi connectivity index (χ1v) is 6.24. The van der Waals surface area contributed by atoms with Crippen LogP contribution in [0.2, 0.25) is 0 Å². The van der Waals surface area contributed by atoms with Gasteiger partial charge in [0.1, 0.15) is 11.2 Å². The van der Waals surface area contributed by atoms with Gasteiger partial charge in [-0.3, -0.25) is 4.79 Å². The van der Waals surface area contributed by atoms with Crippen LogP contribution in [0.1, 0.15) is 10.4 Å². The Morgan fingerprint density at radius 2 is 1.81 bits per heavy atom. The van der Waals surface area contributed by atoms with E-state index in [1.54, 1.807) is 0 Å². The molecular weight excluding hydrogens is 232 g/mol. The Hall–Kier alpha value is -1.56. The number of hydrogen-bond acceptors (Lipinski definition) is 5. The lowest BCUT2D eigenvalue weighted by molar-refractivity contribution is 0.112. The Balaban J connectivity index is 3.62. The van der Waals surface area contributed by atoms with Gasteiger partial charge < -0.3 is 9.47 Å². The van der Waals surface area contributed by atoms with Crippen LogP contribution in [-0.4, -0.2) is 35.2 Å². The first-order valence-electron chi connectivity index (χ1n) is 4.35. The zero-order chi connectivity index (χ0) is 12.3. The number of ether oxygens (including phenoxy) is 2. The predicted molar refractivity (Wildman–Crippen MR) is 58.0 cm³/mol. The van der Waals surface area contributed by atoms with Gasteiger partial charge in [0.2, 0.25) is 0 Å². The highest BCUT2D eigenvalue weighted by atomic mass is 32.2. The van der Waals surface area contributed by atoms with E-state index in [-0.39, 0.29) is 22.0 Å². The molecule has 0 aliphatic carbocycles. The lowest BCUT2D eigenvalue weighted by Gasteiger charge is -2.12. The molecule has 6 heteroatoms. The molecule has 0 aliphatic heterocycles. The van der Waals surface area contributed by atoms with Crippen LogP contribution in [0, 0.1) is 0 Å². The third-order valence-electron chi connectivity index (χ3n) is 2.00. The molecule has 1 aromatic carbocycles. The maximum atomic E-state index is 11.5. The number of benzene rings is 1. The van der Waals surface area contributed by atoms with Crippen molar-refractivity contribution in [3.63, 3.8) is 0 Å². The highest BCUT2D eigenvalue weighted by molar-refractivity contribution is 7.90. The number of hydrogen-bond donors (Lipinski definition) is 0. The minimum atomic E-state index is -3.47. The summed E-state index contributed by atoms with van der Waals surface area (Å²) in [6.07, 6.45) is 1.59. The van der Waals surface area contributed by atoms with Crippen molar-refractivity contribution in [2.24, 2.45) is 0 Å². The largest absolute Gasteiger partial charge is 0.493 e. The van der Waals surface area contributed by atoms with E-state index in [2.05, 4.69) is 0 Å². The lowest BCUT2D eigenvalue weighted by atomic mass is 10.2. The van der Waals surface area contributed by atoms with Crippen molar-refractivity contribution in [2.45, 2.75) is 4.90 Å². The van der Waals surface area contributed by atoms with Crippen LogP contribution in [0.25, 0.3) is 0 Å². The molecule has 0 spiro atoms. The molecule has 0 unspecified atom stereocenters. The molecular formula is C10H12O5S. The molecule has 0 aromatic heterocycles. The van der Waals surface area contributed by atoms with Crippen LogP contribution in [0.5, 0.6) is 11.5 Å². The number of sulfone groups is 1. The molecule has 0 radical (unpaired) electrons. The van der Waals surface area contributed by atoms with E-state index in [0.29, 0.717) is 6.29 Å². The smallest absolute Gasteiger partial charge is 0.179 e. The van der Waals surface area contributed by atoms with Crippen LogP contribution in [-0.2, 0) is 9.84 Å². The Bertz CT molecular complexity index is 504. The lowest BCUT2D eigenvalue weighted by Crippen LogP contribution is -2.04. The van der Waals surface area contributed by atoms with Crippen molar-refractivity contribution in [1.29, 1.82) is 0 Å². The first kappa shape index (κ1) is 12.5. The molecule has 1 aromatic rings. The van der Waals surface area contributed by atoms with Crippen LogP contribution in [0.15, 0.2) is 17.0 Å². The third-order valence-corrected chi connectivity index (χ3v) is 3.10. The monoisotopic (exact) mass is 244 g/mol. The van der Waals surface area contributed by atoms with Gasteiger partial charge in [-0.05, 0) is 12.1 Å². The minimum Gasteiger partial charge on any atom is -0.493 e. The van der Waals surface area contributed by atoms with E-state index in [1.165, 1.54) is 26.4 Å². The Morgan fingerprint density at radius 3 is 2.19 bits per heavy atom. The van der Waals surface area contributed by atoms with Crippen molar-refractivity contribution in [3.05, 3.63) is 17.7 Å². The van der Waals surface area contributed by atoms with E-state index in [4.69, 9.17) is 9.47 Å². The normalized spacial score (nSPS) is 10.9. The summed E-state index contributed by atoms with van der Waals surface area (Å²) in [7, 11) is -0.761. The maximum Gasteiger partial charge on any atom is 0.179 e. The van der Waals surface area contributed by atoms with Crippen molar-refractivity contribution in [3.8, 4) is 11.5 Å². The zero-order valence-electron chi connectivity index (χ0n) is 9.18. The number of aldehydes is 1. The van der Waals surface area contributed by atoms with Gasteiger partial charge in [0, 0.05) is 11.8 Å². The Labute approximate surface area is 93.9 Å². The molecule has 0 saturated carbocycles. The van der Waals surface area contributed by atoms with Gasteiger partial charge in [-0.1, -0.05) is 0 Å². The summed E-state index contributed by atoms with van der Waals surface area (Å²) in [5.41, 5.74) is 0.220. The molecule has 0 fully saturated rings. The van der Waals surface area contributed by atoms with E-state index >= 15 is 0 Å². The number of carbonyl (C=O) groups excluding carboxylic acids is 1. The molecule has 1 rings (SSSR count).